The largest absolute Gasteiger partial charge is 0.506 e. The van der Waals surface area contributed by atoms with Crippen LogP contribution in [0.5, 0.6) is 17.2 Å². The van der Waals surface area contributed by atoms with Gasteiger partial charge in [-0.25, -0.2) is 0 Å². The minimum Gasteiger partial charge on any atom is -0.506 e. The summed E-state index contributed by atoms with van der Waals surface area (Å²) < 4.78 is 11.5. The van der Waals surface area contributed by atoms with Crippen LogP contribution in [0.25, 0.3) is 10.9 Å². The number of carbonyl (C=O) groups excluding carboxylic acids is 1. The number of piperidine rings is 1. The summed E-state index contributed by atoms with van der Waals surface area (Å²) >= 11 is 0. The third-order valence-corrected chi connectivity index (χ3v) is 8.91. The molecule has 5 rings (SSSR count). The van der Waals surface area contributed by atoms with Gasteiger partial charge in [0.15, 0.2) is 11.5 Å². The highest BCUT2D eigenvalue weighted by Crippen LogP contribution is 2.37. The number of H-pyrrole nitrogens is 1. The number of hydrogen-bond acceptors (Lipinski definition) is 8. The van der Waals surface area contributed by atoms with E-state index >= 15 is 0 Å². The molecule has 1 unspecified atom stereocenters. The molecule has 1 saturated heterocycles. The monoisotopic (exact) mass is 643 g/mol. The number of nitrogens with zero attached hydrogens (tertiary/aromatic N) is 1. The fourth-order valence-corrected chi connectivity index (χ4v) is 6.19. The summed E-state index contributed by atoms with van der Waals surface area (Å²) in [5.41, 5.74) is 0.821. The van der Waals surface area contributed by atoms with E-state index in [4.69, 9.17) is 9.47 Å². The van der Waals surface area contributed by atoms with E-state index in [1.807, 2.05) is 30.3 Å². The van der Waals surface area contributed by atoms with Crippen molar-refractivity contribution in [3.05, 3.63) is 99.8 Å². The smallest absolute Gasteiger partial charge is 0.314 e. The van der Waals surface area contributed by atoms with Crippen LogP contribution in [0.2, 0.25) is 0 Å². The number of nitrogens with one attached hydrogen (secondary N) is 2. The van der Waals surface area contributed by atoms with Gasteiger partial charge in [0, 0.05) is 36.7 Å². The fourth-order valence-electron chi connectivity index (χ4n) is 6.19. The van der Waals surface area contributed by atoms with Crippen LogP contribution in [0.1, 0.15) is 59.7 Å². The first-order valence-corrected chi connectivity index (χ1v) is 15.9. The van der Waals surface area contributed by atoms with Gasteiger partial charge in [-0.3, -0.25) is 14.4 Å². The second-order valence-electron chi connectivity index (χ2n) is 11.8. The minimum absolute atomic E-state index is 0.0437. The number of fused-ring (bicyclic) bond motifs is 1. The molecule has 11 heteroatoms. The molecule has 0 bridgehead atoms. The Bertz CT molecular complexity index is 1750. The van der Waals surface area contributed by atoms with Crippen molar-refractivity contribution in [2.24, 2.45) is 0 Å². The summed E-state index contributed by atoms with van der Waals surface area (Å²) in [6.45, 7) is 2.16. The third-order valence-electron chi connectivity index (χ3n) is 8.91. The number of aliphatic carboxylic acids is 1. The van der Waals surface area contributed by atoms with Crippen LogP contribution >= 0.6 is 0 Å². The van der Waals surface area contributed by atoms with Crippen LogP contribution < -0.4 is 20.3 Å². The maximum absolute atomic E-state index is 13.3. The van der Waals surface area contributed by atoms with Crippen LogP contribution in [0.15, 0.2) is 77.6 Å². The topological polar surface area (TPSA) is 161 Å². The maximum Gasteiger partial charge on any atom is 0.314 e. The zero-order chi connectivity index (χ0) is 33.4. The molecule has 1 atom stereocenters. The summed E-state index contributed by atoms with van der Waals surface area (Å²) in [5.74, 6) is -0.0846. The van der Waals surface area contributed by atoms with Crippen molar-refractivity contribution in [1.29, 1.82) is 0 Å². The van der Waals surface area contributed by atoms with E-state index in [1.54, 1.807) is 35.2 Å². The second-order valence-corrected chi connectivity index (χ2v) is 11.8. The Kier molecular flexibility index (Phi) is 10.8. The Balaban J connectivity index is 1.05. The van der Waals surface area contributed by atoms with Gasteiger partial charge in [0.25, 0.3) is 5.91 Å². The van der Waals surface area contributed by atoms with Gasteiger partial charge in [-0.1, -0.05) is 36.4 Å². The molecule has 248 valence electrons. The van der Waals surface area contributed by atoms with Crippen LogP contribution in [0.4, 0.5) is 0 Å². The Morgan fingerprint density at radius 2 is 1.74 bits per heavy atom. The lowest BCUT2D eigenvalue weighted by atomic mass is 9.73. The Morgan fingerprint density at radius 1 is 0.979 bits per heavy atom. The number of hydrogen-bond donors (Lipinski definition) is 5. The predicted molar refractivity (Wildman–Crippen MR) is 177 cm³/mol. The van der Waals surface area contributed by atoms with E-state index < -0.39 is 17.5 Å². The average Bonchev–Trinajstić information content (AvgIpc) is 3.09. The molecule has 47 heavy (non-hydrogen) atoms. The van der Waals surface area contributed by atoms with E-state index in [0.717, 1.165) is 24.8 Å². The van der Waals surface area contributed by atoms with Gasteiger partial charge in [-0.15, -0.1) is 0 Å². The summed E-state index contributed by atoms with van der Waals surface area (Å²) in [5, 5.41) is 34.7. The fraction of sp³-hybridized carbons (Fsp3) is 0.361. The van der Waals surface area contributed by atoms with Crippen molar-refractivity contribution in [3.63, 3.8) is 0 Å². The Hall–Kier alpha value is -4.87. The highest BCUT2D eigenvalue weighted by Gasteiger charge is 2.44. The second kappa shape index (κ2) is 15.1. The number of ether oxygens (including phenoxy) is 2. The zero-order valence-corrected chi connectivity index (χ0v) is 26.4. The molecule has 11 nitrogen and oxygen atoms in total. The van der Waals surface area contributed by atoms with Gasteiger partial charge in [0.05, 0.1) is 30.8 Å². The maximum atomic E-state index is 13.3. The molecule has 1 aromatic heterocycles. The van der Waals surface area contributed by atoms with Crippen molar-refractivity contribution in [3.8, 4) is 17.2 Å². The Morgan fingerprint density at radius 3 is 2.47 bits per heavy atom. The van der Waals surface area contributed by atoms with E-state index in [0.29, 0.717) is 79.2 Å². The number of pyridine rings is 1. The minimum atomic E-state index is -1.00. The highest BCUT2D eigenvalue weighted by atomic mass is 16.5. The van der Waals surface area contributed by atoms with Crippen molar-refractivity contribution in [1.82, 2.24) is 15.2 Å². The Labute approximate surface area is 272 Å². The number of phenols is 1. The number of aliphatic hydroxyl groups is 1. The summed E-state index contributed by atoms with van der Waals surface area (Å²) in [4.78, 5) is 41.5. The quantitative estimate of drug-likeness (QED) is 0.126. The number of rotatable bonds is 14. The first-order valence-electron chi connectivity index (χ1n) is 15.9. The van der Waals surface area contributed by atoms with Gasteiger partial charge < -0.3 is 40.0 Å². The average molecular weight is 644 g/mol. The number of aromatic amines is 1. The number of phenolic OH excluding ortho intramolecular Hbond substituents is 1. The lowest BCUT2D eigenvalue weighted by Gasteiger charge is -2.39. The van der Waals surface area contributed by atoms with Crippen molar-refractivity contribution < 1.29 is 34.4 Å². The lowest BCUT2D eigenvalue weighted by Crippen LogP contribution is -2.49. The van der Waals surface area contributed by atoms with E-state index in [-0.39, 0.29) is 17.2 Å². The number of methoxy groups -OCH3 is 1. The van der Waals surface area contributed by atoms with Gasteiger partial charge >= 0.3 is 5.97 Å². The molecule has 5 N–H and O–H groups in total. The lowest BCUT2D eigenvalue weighted by molar-refractivity contribution is -0.145. The van der Waals surface area contributed by atoms with Crippen molar-refractivity contribution in [2.75, 3.05) is 39.9 Å². The molecule has 4 aromatic rings. The van der Waals surface area contributed by atoms with Crippen LogP contribution in [0, 0.1) is 0 Å². The number of benzene rings is 3. The molecule has 0 spiro atoms. The molecule has 2 heterocycles. The molecular formula is C36H41N3O8. The summed E-state index contributed by atoms with van der Waals surface area (Å²) in [7, 11) is 1.53. The summed E-state index contributed by atoms with van der Waals surface area (Å²) in [6.07, 6.45) is 2.42. The molecular weight excluding hydrogens is 602 g/mol. The first-order chi connectivity index (χ1) is 22.7. The number of aliphatic hydroxyl groups excluding tert-OH is 1. The number of likely N-dealkylation sites (tertiary alicyclic amines) is 1. The molecule has 1 fully saturated rings. The molecule has 1 amide bonds. The molecule has 3 aromatic carbocycles. The first kappa shape index (κ1) is 33.5. The summed E-state index contributed by atoms with van der Waals surface area (Å²) in [6, 6.07) is 20.4. The van der Waals surface area contributed by atoms with Gasteiger partial charge in [0.1, 0.15) is 5.75 Å². The standard InChI is InChI=1S/C36H41N3O8/c1-46-31-22-24(34(43)39-19-16-36(17-20-39,35(44)45)25-8-4-2-5-9-25)10-14-30(31)47-21-7-3-6-18-37-23-29(41)26-11-13-28(40)33-27(26)12-15-32(42)38-33/h2,4-5,8-15,22,29,37,40-41H,3,6-7,16-21,23H2,1H3,(H,38,42)(H,44,45). The SMILES string of the molecule is COc1cc(C(=O)N2CCC(C(=O)O)(c3ccccc3)CC2)ccc1OCCCCCNCC(O)c1ccc(O)c2[nH]c(=O)ccc12. The molecule has 0 saturated carbocycles. The predicted octanol–water partition coefficient (Wildman–Crippen LogP) is 4.37. The van der Waals surface area contributed by atoms with E-state index in [1.165, 1.54) is 19.2 Å². The number of carboxylic acid groups (broad SMARTS) is 1. The number of carbonyl (C=O) groups is 2. The number of unbranched alkanes of at least 4 members (excludes halogenated alkanes) is 2. The van der Waals surface area contributed by atoms with Crippen molar-refractivity contribution in [2.45, 2.75) is 43.6 Å². The van der Waals surface area contributed by atoms with Crippen molar-refractivity contribution >= 4 is 22.8 Å². The van der Waals surface area contributed by atoms with Gasteiger partial charge in [0.2, 0.25) is 5.56 Å². The van der Waals surface area contributed by atoms with Crippen LogP contribution in [0.3, 0.4) is 0 Å². The van der Waals surface area contributed by atoms with Gasteiger partial charge in [-0.05, 0) is 80.1 Å². The van der Waals surface area contributed by atoms with Crippen LogP contribution in [-0.4, -0.2) is 77.0 Å². The normalized spacial score (nSPS) is 14.9. The molecule has 0 aliphatic carbocycles. The number of aromatic nitrogens is 1. The van der Waals surface area contributed by atoms with E-state index in [9.17, 15) is 29.7 Å². The third kappa shape index (κ3) is 7.58. The zero-order valence-electron chi connectivity index (χ0n) is 26.4. The molecule has 1 aliphatic rings. The van der Waals surface area contributed by atoms with Gasteiger partial charge in [-0.2, -0.15) is 0 Å². The van der Waals surface area contributed by atoms with Crippen LogP contribution in [-0.2, 0) is 10.2 Å². The highest BCUT2D eigenvalue weighted by molar-refractivity contribution is 5.95. The molecule has 1 aliphatic heterocycles. The number of amides is 1. The number of aromatic hydroxyl groups is 1. The molecule has 0 radical (unpaired) electrons. The van der Waals surface area contributed by atoms with E-state index in [2.05, 4.69) is 10.3 Å². The number of carboxylic acids is 1.